The van der Waals surface area contributed by atoms with E-state index < -0.39 is 5.82 Å². The Morgan fingerprint density at radius 1 is 1.44 bits per heavy atom. The summed E-state index contributed by atoms with van der Waals surface area (Å²) in [4.78, 5) is 12.9. The fraction of sp³-hybridized carbons (Fsp3) is 0.167. The van der Waals surface area contributed by atoms with Crippen molar-refractivity contribution in [3.63, 3.8) is 0 Å². The normalized spacial score (nSPS) is 14.1. The third kappa shape index (κ3) is 1.46. The third-order valence-electron chi connectivity index (χ3n) is 3.10. The molecule has 0 aliphatic carbocycles. The molecule has 5 nitrogen and oxygen atoms in total. The standard InChI is InChI=1S/C12H11FN4O/c1-17-11(18)4-7-2-6(3-8(13)12(7)17)9-5-10(14)16-15-9/h2-3,5H,4H2,1H3,(H3,14,15,16). The largest absolute Gasteiger partial charge is 0.382 e. The number of halogens is 1. The number of nitrogens with two attached hydrogens (primary N) is 1. The highest BCUT2D eigenvalue weighted by Gasteiger charge is 2.28. The van der Waals surface area contributed by atoms with Gasteiger partial charge in [-0.25, -0.2) is 4.39 Å². The lowest BCUT2D eigenvalue weighted by Gasteiger charge is -2.11. The Morgan fingerprint density at radius 2 is 2.22 bits per heavy atom. The monoisotopic (exact) mass is 246 g/mol. The van der Waals surface area contributed by atoms with E-state index in [-0.39, 0.29) is 12.3 Å². The van der Waals surface area contributed by atoms with Crippen LogP contribution < -0.4 is 10.6 Å². The average Bonchev–Trinajstić information content (AvgIpc) is 2.85. The predicted molar refractivity (Wildman–Crippen MR) is 65.5 cm³/mol. The Bertz CT molecular complexity index is 650. The first-order valence-electron chi connectivity index (χ1n) is 5.46. The van der Waals surface area contributed by atoms with Crippen LogP contribution in [0.5, 0.6) is 0 Å². The predicted octanol–water partition coefficient (Wildman–Crippen LogP) is 1.32. The van der Waals surface area contributed by atoms with Gasteiger partial charge in [-0.05, 0) is 17.7 Å². The summed E-state index contributed by atoms with van der Waals surface area (Å²) in [5.74, 6) is -0.173. The summed E-state index contributed by atoms with van der Waals surface area (Å²) in [6.45, 7) is 0. The van der Waals surface area contributed by atoms with Gasteiger partial charge < -0.3 is 10.6 Å². The molecule has 1 aliphatic heterocycles. The lowest BCUT2D eigenvalue weighted by Crippen LogP contribution is -2.21. The van der Waals surface area contributed by atoms with Gasteiger partial charge in [0, 0.05) is 18.7 Å². The molecule has 0 spiro atoms. The number of nitrogens with one attached hydrogen (secondary N) is 1. The van der Waals surface area contributed by atoms with Gasteiger partial charge in [-0.3, -0.25) is 9.89 Å². The second kappa shape index (κ2) is 3.56. The van der Waals surface area contributed by atoms with Crippen LogP contribution in [0, 0.1) is 5.82 Å². The van der Waals surface area contributed by atoms with Crippen LogP contribution in [-0.2, 0) is 11.2 Å². The van der Waals surface area contributed by atoms with E-state index in [0.717, 1.165) is 0 Å². The number of aromatic amines is 1. The number of nitrogen functional groups attached to an aromatic ring is 1. The number of anilines is 2. The topological polar surface area (TPSA) is 75.0 Å². The summed E-state index contributed by atoms with van der Waals surface area (Å²) < 4.78 is 14.0. The summed E-state index contributed by atoms with van der Waals surface area (Å²) >= 11 is 0. The minimum absolute atomic E-state index is 0.106. The van der Waals surface area contributed by atoms with E-state index in [2.05, 4.69) is 10.2 Å². The van der Waals surface area contributed by atoms with Crippen molar-refractivity contribution in [2.75, 3.05) is 17.7 Å². The van der Waals surface area contributed by atoms with Crippen LogP contribution in [0.25, 0.3) is 11.3 Å². The fourth-order valence-corrected chi connectivity index (χ4v) is 2.21. The maximum Gasteiger partial charge on any atom is 0.231 e. The average molecular weight is 246 g/mol. The first kappa shape index (κ1) is 10.8. The highest BCUT2D eigenvalue weighted by molar-refractivity contribution is 6.01. The molecule has 1 amide bonds. The molecule has 1 aromatic carbocycles. The van der Waals surface area contributed by atoms with Crippen LogP contribution in [0.15, 0.2) is 18.2 Å². The van der Waals surface area contributed by atoms with Gasteiger partial charge in [-0.15, -0.1) is 0 Å². The number of H-pyrrole nitrogens is 1. The second-order valence-electron chi connectivity index (χ2n) is 4.30. The molecule has 1 aromatic heterocycles. The van der Waals surface area contributed by atoms with Crippen molar-refractivity contribution in [1.29, 1.82) is 0 Å². The summed E-state index contributed by atoms with van der Waals surface area (Å²) in [7, 11) is 1.57. The third-order valence-corrected chi connectivity index (χ3v) is 3.10. The molecule has 2 heterocycles. The Kier molecular flexibility index (Phi) is 2.13. The first-order valence-corrected chi connectivity index (χ1v) is 5.46. The Morgan fingerprint density at radius 3 is 2.89 bits per heavy atom. The number of hydrogen-bond acceptors (Lipinski definition) is 3. The van der Waals surface area contributed by atoms with Crippen molar-refractivity contribution in [2.45, 2.75) is 6.42 Å². The molecule has 0 saturated carbocycles. The minimum atomic E-state index is -0.413. The molecule has 0 atom stereocenters. The lowest BCUT2D eigenvalue weighted by molar-refractivity contribution is -0.117. The van der Waals surface area contributed by atoms with Crippen molar-refractivity contribution in [3.05, 3.63) is 29.6 Å². The molecule has 92 valence electrons. The number of fused-ring (bicyclic) bond motifs is 1. The molecule has 3 rings (SSSR count). The number of carbonyl (C=O) groups excluding carboxylic acids is 1. The van der Waals surface area contributed by atoms with E-state index in [4.69, 9.17) is 5.73 Å². The quantitative estimate of drug-likeness (QED) is 0.796. The molecule has 18 heavy (non-hydrogen) atoms. The van der Waals surface area contributed by atoms with E-state index in [9.17, 15) is 9.18 Å². The van der Waals surface area contributed by atoms with E-state index in [1.807, 2.05) is 0 Å². The molecule has 0 unspecified atom stereocenters. The molecule has 3 N–H and O–H groups in total. The Hall–Kier alpha value is -2.37. The molecule has 1 aliphatic rings. The summed E-state index contributed by atoms with van der Waals surface area (Å²) in [5, 5.41) is 6.52. The SMILES string of the molecule is CN1C(=O)Cc2cc(-c3cc(N)n[nH]3)cc(F)c21. The van der Waals surface area contributed by atoms with Gasteiger partial charge in [-0.1, -0.05) is 0 Å². The van der Waals surface area contributed by atoms with Gasteiger partial charge >= 0.3 is 0 Å². The van der Waals surface area contributed by atoms with Gasteiger partial charge in [0.1, 0.15) is 11.6 Å². The molecule has 0 radical (unpaired) electrons. The van der Waals surface area contributed by atoms with E-state index >= 15 is 0 Å². The number of benzene rings is 1. The van der Waals surface area contributed by atoms with Gasteiger partial charge in [0.05, 0.1) is 17.8 Å². The zero-order chi connectivity index (χ0) is 12.9. The number of hydrogen-bond donors (Lipinski definition) is 2. The van der Waals surface area contributed by atoms with Gasteiger partial charge in [0.25, 0.3) is 0 Å². The van der Waals surface area contributed by atoms with Crippen molar-refractivity contribution in [2.24, 2.45) is 0 Å². The first-order chi connectivity index (χ1) is 8.56. The van der Waals surface area contributed by atoms with E-state index in [1.54, 1.807) is 19.2 Å². The smallest absolute Gasteiger partial charge is 0.231 e. The Balaban J connectivity index is 2.14. The lowest BCUT2D eigenvalue weighted by atomic mass is 10.1. The molecule has 2 aromatic rings. The zero-order valence-electron chi connectivity index (χ0n) is 9.70. The van der Waals surface area contributed by atoms with Gasteiger partial charge in [0.15, 0.2) is 0 Å². The highest BCUT2D eigenvalue weighted by Crippen LogP contribution is 2.34. The van der Waals surface area contributed by atoms with Crippen LogP contribution >= 0.6 is 0 Å². The maximum absolute atomic E-state index is 14.0. The van der Waals surface area contributed by atoms with E-state index in [1.165, 1.54) is 11.0 Å². The second-order valence-corrected chi connectivity index (χ2v) is 4.30. The fourth-order valence-electron chi connectivity index (χ4n) is 2.21. The van der Waals surface area contributed by atoms with E-state index in [0.29, 0.717) is 28.3 Å². The highest BCUT2D eigenvalue weighted by atomic mass is 19.1. The molecular weight excluding hydrogens is 235 g/mol. The summed E-state index contributed by atoms with van der Waals surface area (Å²) in [5.41, 5.74) is 7.83. The molecule has 0 bridgehead atoms. The van der Waals surface area contributed by atoms with Crippen LogP contribution in [0.2, 0.25) is 0 Å². The van der Waals surface area contributed by atoms with Crippen molar-refractivity contribution in [3.8, 4) is 11.3 Å². The molecule has 0 saturated heterocycles. The van der Waals surface area contributed by atoms with Crippen molar-refractivity contribution in [1.82, 2.24) is 10.2 Å². The number of likely N-dealkylation sites (N-methyl/N-ethyl adjacent to an activating group) is 1. The minimum Gasteiger partial charge on any atom is -0.382 e. The van der Waals surface area contributed by atoms with Crippen LogP contribution in [0.4, 0.5) is 15.9 Å². The van der Waals surface area contributed by atoms with Crippen molar-refractivity contribution >= 4 is 17.4 Å². The Labute approximate surface area is 102 Å². The van der Waals surface area contributed by atoms with Gasteiger partial charge in [0.2, 0.25) is 5.91 Å². The van der Waals surface area contributed by atoms with Crippen LogP contribution in [0.3, 0.4) is 0 Å². The molecule has 6 heteroatoms. The van der Waals surface area contributed by atoms with Crippen molar-refractivity contribution < 1.29 is 9.18 Å². The number of rotatable bonds is 1. The number of aromatic nitrogens is 2. The summed E-state index contributed by atoms with van der Waals surface area (Å²) in [6, 6.07) is 4.79. The molecular formula is C12H11FN4O. The summed E-state index contributed by atoms with van der Waals surface area (Å²) in [6.07, 6.45) is 0.222. The maximum atomic E-state index is 14.0. The van der Waals surface area contributed by atoms with Gasteiger partial charge in [-0.2, -0.15) is 5.10 Å². The number of carbonyl (C=O) groups is 1. The number of nitrogens with zero attached hydrogens (tertiary/aromatic N) is 2. The zero-order valence-corrected chi connectivity index (χ0v) is 9.70. The van der Waals surface area contributed by atoms with Crippen LogP contribution in [-0.4, -0.2) is 23.2 Å². The van der Waals surface area contributed by atoms with Crippen LogP contribution in [0.1, 0.15) is 5.56 Å². The number of amides is 1. The molecule has 0 fully saturated rings.